The maximum absolute atomic E-state index is 12.1. The molecule has 0 atom stereocenters. The Bertz CT molecular complexity index is 682. The van der Waals surface area contributed by atoms with E-state index in [1.165, 1.54) is 0 Å². The first kappa shape index (κ1) is 15.9. The van der Waals surface area contributed by atoms with Gasteiger partial charge >= 0.3 is 129 Å². The van der Waals surface area contributed by atoms with Crippen LogP contribution in [0.25, 0.3) is 9.65 Å². The minimum absolute atomic E-state index is 0.0430. The molecule has 6 heteroatoms. The summed E-state index contributed by atoms with van der Waals surface area (Å²) in [5, 5.41) is 3.54. The van der Waals surface area contributed by atoms with Crippen molar-refractivity contribution in [2.75, 3.05) is 6.61 Å². The molecule has 0 radical (unpaired) electrons. The van der Waals surface area contributed by atoms with Crippen LogP contribution in [0.3, 0.4) is 0 Å². The van der Waals surface area contributed by atoms with Gasteiger partial charge in [0.25, 0.3) is 0 Å². The van der Waals surface area contributed by atoms with Gasteiger partial charge in [0.1, 0.15) is 0 Å². The third-order valence-electron chi connectivity index (χ3n) is 2.77. The number of aromatic nitrogens is 1. The first-order valence-corrected chi connectivity index (χ1v) is 8.53. The number of hydrogen-bond donors (Lipinski definition) is 1. The fourth-order valence-corrected chi connectivity index (χ4v) is 4.05. The van der Waals surface area contributed by atoms with Gasteiger partial charge in [0.05, 0.1) is 0 Å². The predicted octanol–water partition coefficient (Wildman–Crippen LogP) is 1.97. The molecular formula is C15H20N2O3Se. The fraction of sp³-hybridized carbons (Fsp3) is 0.467. The van der Waals surface area contributed by atoms with Crippen LogP contribution >= 0.6 is 0 Å². The van der Waals surface area contributed by atoms with E-state index in [4.69, 9.17) is 4.74 Å². The zero-order valence-electron chi connectivity index (χ0n) is 12.5. The molecule has 5 nitrogen and oxygen atoms in total. The van der Waals surface area contributed by atoms with Gasteiger partial charge in [0.2, 0.25) is 0 Å². The Labute approximate surface area is 129 Å². The molecule has 0 aliphatic carbocycles. The van der Waals surface area contributed by atoms with Crippen LogP contribution in [0.4, 0.5) is 4.79 Å². The number of carbonyl (C=O) groups excluding carboxylic acids is 1. The summed E-state index contributed by atoms with van der Waals surface area (Å²) >= 11 is 0.0430. The van der Waals surface area contributed by atoms with Gasteiger partial charge in [-0.25, -0.2) is 0 Å². The Hall–Kier alpha value is -1.52. The molecule has 1 aromatic heterocycles. The van der Waals surface area contributed by atoms with Gasteiger partial charge in [0, 0.05) is 0 Å². The van der Waals surface area contributed by atoms with Gasteiger partial charge in [-0.3, -0.25) is 0 Å². The molecule has 0 unspecified atom stereocenters. The summed E-state index contributed by atoms with van der Waals surface area (Å²) < 4.78 is 8.09. The van der Waals surface area contributed by atoms with Crippen LogP contribution in [0.1, 0.15) is 27.2 Å². The molecule has 21 heavy (non-hydrogen) atoms. The number of benzene rings is 1. The van der Waals surface area contributed by atoms with Crippen molar-refractivity contribution in [1.29, 1.82) is 0 Å². The van der Waals surface area contributed by atoms with Crippen molar-refractivity contribution in [3.63, 3.8) is 0 Å². The van der Waals surface area contributed by atoms with E-state index in [9.17, 15) is 9.59 Å². The molecule has 2 aromatic rings. The van der Waals surface area contributed by atoms with Crippen LogP contribution in [-0.2, 0) is 11.3 Å². The molecule has 1 aromatic carbocycles. The van der Waals surface area contributed by atoms with Crippen molar-refractivity contribution in [2.24, 2.45) is 0 Å². The van der Waals surface area contributed by atoms with Crippen LogP contribution in [-0.4, -0.2) is 36.5 Å². The van der Waals surface area contributed by atoms with Gasteiger partial charge in [-0.15, -0.1) is 0 Å². The molecule has 114 valence electrons. The number of hydrogen-bond acceptors (Lipinski definition) is 3. The van der Waals surface area contributed by atoms with E-state index in [1.807, 2.05) is 48.6 Å². The van der Waals surface area contributed by atoms with Gasteiger partial charge < -0.3 is 0 Å². The zero-order valence-corrected chi connectivity index (χ0v) is 14.2. The van der Waals surface area contributed by atoms with E-state index < -0.39 is 6.09 Å². The van der Waals surface area contributed by atoms with E-state index in [1.54, 1.807) is 0 Å². The van der Waals surface area contributed by atoms with Crippen molar-refractivity contribution >= 4 is 30.5 Å². The summed E-state index contributed by atoms with van der Waals surface area (Å²) in [5.74, 6) is 0. The normalized spacial score (nSPS) is 11.6. The third-order valence-corrected chi connectivity index (χ3v) is 5.12. The first-order valence-electron chi connectivity index (χ1n) is 6.90. The standard InChI is InChI=1S/C15H20N2O3Se/c1-15(2,3)16-14(19)20-10-6-9-17-13(18)11-7-4-5-8-12(11)21-17/h4-5,7-8H,6,9-10H2,1-3H3,(H,16,19). The van der Waals surface area contributed by atoms with Crippen molar-refractivity contribution in [3.05, 3.63) is 34.6 Å². The van der Waals surface area contributed by atoms with Crippen LogP contribution in [0, 0.1) is 0 Å². The molecule has 0 aliphatic heterocycles. The Morgan fingerprint density at radius 3 is 2.71 bits per heavy atom. The van der Waals surface area contributed by atoms with E-state index in [0.717, 1.165) is 9.65 Å². The number of nitrogens with zero attached hydrogens (tertiary/aromatic N) is 1. The number of ether oxygens (including phenoxy) is 1. The average Bonchev–Trinajstić information content (AvgIpc) is 2.70. The monoisotopic (exact) mass is 356 g/mol. The SMILES string of the molecule is CC(C)(C)NC(=O)OCCCn1[se]c2ccccc2c1=O. The summed E-state index contributed by atoms with van der Waals surface area (Å²) in [6.45, 7) is 6.64. The Morgan fingerprint density at radius 1 is 1.33 bits per heavy atom. The van der Waals surface area contributed by atoms with Gasteiger partial charge in [0.15, 0.2) is 0 Å². The van der Waals surface area contributed by atoms with Crippen LogP contribution in [0.5, 0.6) is 0 Å². The number of carbonyl (C=O) groups is 1. The summed E-state index contributed by atoms with van der Waals surface area (Å²) in [4.78, 5) is 23.6. The number of aryl methyl sites for hydroxylation is 1. The van der Waals surface area contributed by atoms with Crippen molar-refractivity contribution in [1.82, 2.24) is 8.88 Å². The number of amides is 1. The second-order valence-corrected chi connectivity index (χ2v) is 8.09. The molecular weight excluding hydrogens is 335 g/mol. The molecule has 0 aliphatic rings. The molecule has 1 heterocycles. The number of nitrogens with one attached hydrogen (secondary N) is 1. The molecule has 0 fully saturated rings. The molecule has 2 rings (SSSR count). The van der Waals surface area contributed by atoms with Crippen molar-refractivity contribution < 1.29 is 9.53 Å². The first-order chi connectivity index (χ1) is 9.87. The maximum atomic E-state index is 12.1. The third kappa shape index (κ3) is 4.48. The van der Waals surface area contributed by atoms with Crippen molar-refractivity contribution in [2.45, 2.75) is 39.3 Å². The Kier molecular flexibility index (Phi) is 4.91. The summed E-state index contributed by atoms with van der Waals surface area (Å²) in [7, 11) is 0. The van der Waals surface area contributed by atoms with Gasteiger partial charge in [-0.1, -0.05) is 0 Å². The zero-order chi connectivity index (χ0) is 15.5. The quantitative estimate of drug-likeness (QED) is 0.674. The summed E-state index contributed by atoms with van der Waals surface area (Å²) in [6.07, 6.45) is 0.239. The molecule has 0 spiro atoms. The Balaban J connectivity index is 1.84. The average molecular weight is 355 g/mol. The minimum atomic E-state index is -0.413. The van der Waals surface area contributed by atoms with Gasteiger partial charge in [-0.05, 0) is 0 Å². The van der Waals surface area contributed by atoms with Gasteiger partial charge in [-0.2, -0.15) is 0 Å². The topological polar surface area (TPSA) is 60.3 Å². The van der Waals surface area contributed by atoms with E-state index in [0.29, 0.717) is 19.6 Å². The number of alkyl carbamates (subject to hydrolysis) is 1. The molecule has 0 bridgehead atoms. The second kappa shape index (κ2) is 6.50. The molecule has 0 saturated carbocycles. The number of rotatable bonds is 4. The fourth-order valence-electron chi connectivity index (χ4n) is 1.88. The summed E-state index contributed by atoms with van der Waals surface area (Å²) in [6, 6.07) is 7.71. The van der Waals surface area contributed by atoms with E-state index in [2.05, 4.69) is 5.32 Å². The molecule has 1 amide bonds. The second-order valence-electron chi connectivity index (χ2n) is 5.86. The molecule has 1 N–H and O–H groups in total. The van der Waals surface area contributed by atoms with Crippen LogP contribution < -0.4 is 10.9 Å². The van der Waals surface area contributed by atoms with Crippen molar-refractivity contribution in [3.8, 4) is 0 Å². The number of fused-ring (bicyclic) bond motifs is 1. The predicted molar refractivity (Wildman–Crippen MR) is 84.0 cm³/mol. The van der Waals surface area contributed by atoms with E-state index in [-0.39, 0.29) is 25.8 Å². The van der Waals surface area contributed by atoms with Crippen LogP contribution in [0.2, 0.25) is 0 Å². The van der Waals surface area contributed by atoms with E-state index >= 15 is 0 Å². The molecule has 0 saturated heterocycles. The Morgan fingerprint density at radius 2 is 2.05 bits per heavy atom. The summed E-state index contributed by atoms with van der Waals surface area (Å²) in [5.41, 5.74) is -0.211. The van der Waals surface area contributed by atoms with Crippen LogP contribution in [0.15, 0.2) is 29.1 Å².